The molecule has 0 saturated heterocycles. The number of phenols is 1. The van der Waals surface area contributed by atoms with Crippen molar-refractivity contribution < 1.29 is 18.7 Å². The Balaban J connectivity index is 1.77. The summed E-state index contributed by atoms with van der Waals surface area (Å²) in [6, 6.07) is 12.5. The van der Waals surface area contributed by atoms with Crippen molar-refractivity contribution in [2.75, 3.05) is 0 Å². The fraction of sp³-hybridized carbons (Fsp3) is 0.130. The molecule has 3 heterocycles. The van der Waals surface area contributed by atoms with Gasteiger partial charge in [0.2, 0.25) is 5.76 Å². The van der Waals surface area contributed by atoms with Gasteiger partial charge in [-0.1, -0.05) is 23.7 Å². The number of fused-ring (bicyclic) bond motifs is 2. The van der Waals surface area contributed by atoms with Crippen LogP contribution in [0.25, 0.3) is 11.0 Å². The molecule has 0 radical (unpaired) electrons. The van der Waals surface area contributed by atoms with Crippen molar-refractivity contribution >= 4 is 28.5 Å². The number of halogens is 1. The van der Waals surface area contributed by atoms with Crippen molar-refractivity contribution in [3.63, 3.8) is 0 Å². The van der Waals surface area contributed by atoms with Gasteiger partial charge in [0.1, 0.15) is 17.1 Å². The first kappa shape index (κ1) is 18.5. The Labute approximate surface area is 175 Å². The minimum atomic E-state index is -0.731. The fourth-order valence-electron chi connectivity index (χ4n) is 3.92. The Morgan fingerprint density at radius 1 is 1.13 bits per heavy atom. The molecule has 2 aromatic heterocycles. The molecule has 1 N–H and O–H groups in total. The molecule has 1 aliphatic rings. The van der Waals surface area contributed by atoms with E-state index < -0.39 is 11.9 Å². The summed E-state index contributed by atoms with van der Waals surface area (Å²) in [6.07, 6.45) is 1.52. The van der Waals surface area contributed by atoms with Gasteiger partial charge in [0.25, 0.3) is 5.91 Å². The second kappa shape index (κ2) is 6.78. The van der Waals surface area contributed by atoms with Gasteiger partial charge in [-0.15, -0.1) is 0 Å². The van der Waals surface area contributed by atoms with E-state index in [1.54, 1.807) is 43.3 Å². The topological polar surface area (TPSA) is 83.9 Å². The predicted molar refractivity (Wildman–Crippen MR) is 111 cm³/mol. The number of aryl methyl sites for hydroxylation is 1. The first-order valence-corrected chi connectivity index (χ1v) is 9.71. The van der Waals surface area contributed by atoms with Crippen LogP contribution in [0, 0.1) is 6.92 Å². The molecule has 0 saturated carbocycles. The molecule has 1 amide bonds. The number of hydrogen-bond donors (Lipinski definition) is 1. The second-order valence-corrected chi connectivity index (χ2v) is 7.69. The third kappa shape index (κ3) is 2.80. The highest BCUT2D eigenvalue weighted by molar-refractivity contribution is 6.32. The molecule has 7 heteroatoms. The summed E-state index contributed by atoms with van der Waals surface area (Å²) in [6.45, 7) is 1.95. The Morgan fingerprint density at radius 3 is 2.70 bits per heavy atom. The predicted octanol–water partition coefficient (Wildman–Crippen LogP) is 4.80. The maximum Gasteiger partial charge on any atom is 0.291 e. The van der Waals surface area contributed by atoms with Gasteiger partial charge in [-0.25, -0.2) is 0 Å². The average molecular weight is 422 g/mol. The van der Waals surface area contributed by atoms with Gasteiger partial charge >= 0.3 is 0 Å². The number of aromatic hydroxyl groups is 1. The number of phenolic OH excluding ortho intramolecular Hbond substituents is 1. The van der Waals surface area contributed by atoms with Crippen molar-refractivity contribution in [3.05, 3.63) is 98.3 Å². The first-order valence-electron chi connectivity index (χ1n) is 9.33. The van der Waals surface area contributed by atoms with Gasteiger partial charge in [-0.05, 0) is 54.4 Å². The van der Waals surface area contributed by atoms with Gasteiger partial charge in [-0.2, -0.15) is 0 Å². The van der Waals surface area contributed by atoms with Crippen molar-refractivity contribution in [2.45, 2.75) is 19.5 Å². The molecular formula is C23H16ClNO5. The summed E-state index contributed by atoms with van der Waals surface area (Å²) in [4.78, 5) is 28.3. The van der Waals surface area contributed by atoms with Crippen LogP contribution in [0.4, 0.5) is 0 Å². The molecule has 0 bridgehead atoms. The molecule has 4 aromatic rings. The maximum atomic E-state index is 13.5. The van der Waals surface area contributed by atoms with E-state index in [0.717, 1.165) is 5.56 Å². The Hall–Kier alpha value is -3.51. The van der Waals surface area contributed by atoms with Gasteiger partial charge in [0.15, 0.2) is 5.43 Å². The van der Waals surface area contributed by atoms with Gasteiger partial charge < -0.3 is 18.8 Å². The van der Waals surface area contributed by atoms with E-state index >= 15 is 0 Å². The van der Waals surface area contributed by atoms with Crippen LogP contribution < -0.4 is 5.43 Å². The summed E-state index contributed by atoms with van der Waals surface area (Å²) in [5, 5.41) is 10.7. The van der Waals surface area contributed by atoms with E-state index in [0.29, 0.717) is 27.3 Å². The lowest BCUT2D eigenvalue weighted by atomic mass is 9.98. The third-order valence-corrected chi connectivity index (χ3v) is 5.75. The van der Waals surface area contributed by atoms with E-state index in [-0.39, 0.29) is 29.0 Å². The summed E-state index contributed by atoms with van der Waals surface area (Å²) in [5.74, 6) is 0.183. The smallest absolute Gasteiger partial charge is 0.291 e. The molecule has 0 fully saturated rings. The van der Waals surface area contributed by atoms with E-state index in [1.165, 1.54) is 23.3 Å². The van der Waals surface area contributed by atoms with Crippen molar-refractivity contribution in [2.24, 2.45) is 0 Å². The zero-order valence-electron chi connectivity index (χ0n) is 15.9. The zero-order valence-corrected chi connectivity index (χ0v) is 16.6. The van der Waals surface area contributed by atoms with Crippen LogP contribution in [-0.2, 0) is 6.54 Å². The minimum absolute atomic E-state index is 0.00544. The molecule has 0 spiro atoms. The molecule has 5 rings (SSSR count). The van der Waals surface area contributed by atoms with Crippen molar-refractivity contribution in [1.29, 1.82) is 0 Å². The van der Waals surface area contributed by atoms with Crippen LogP contribution in [0.5, 0.6) is 5.75 Å². The van der Waals surface area contributed by atoms with Crippen LogP contribution >= 0.6 is 11.6 Å². The molecule has 6 nitrogen and oxygen atoms in total. The molecule has 150 valence electrons. The molecule has 1 atom stereocenters. The lowest BCUT2D eigenvalue weighted by Crippen LogP contribution is -2.29. The Bertz CT molecular complexity index is 1360. The molecule has 2 aromatic carbocycles. The maximum absolute atomic E-state index is 13.5. The number of benzene rings is 2. The lowest BCUT2D eigenvalue weighted by Gasteiger charge is -2.24. The van der Waals surface area contributed by atoms with E-state index in [2.05, 4.69) is 0 Å². The highest BCUT2D eigenvalue weighted by Gasteiger charge is 2.43. The Kier molecular flexibility index (Phi) is 4.18. The number of rotatable bonds is 3. The number of nitrogens with zero attached hydrogens (tertiary/aromatic N) is 1. The minimum Gasteiger partial charge on any atom is -0.508 e. The summed E-state index contributed by atoms with van der Waals surface area (Å²) in [5.41, 5.74) is 1.55. The number of carbonyl (C=O) groups is 1. The number of carbonyl (C=O) groups excluding carboxylic acids is 1. The van der Waals surface area contributed by atoms with Crippen LogP contribution in [0.2, 0.25) is 5.02 Å². The van der Waals surface area contributed by atoms with Crippen molar-refractivity contribution in [1.82, 2.24) is 4.90 Å². The van der Waals surface area contributed by atoms with E-state index in [4.69, 9.17) is 20.4 Å². The van der Waals surface area contributed by atoms with Gasteiger partial charge in [-0.3, -0.25) is 9.59 Å². The highest BCUT2D eigenvalue weighted by atomic mass is 35.5. The highest BCUT2D eigenvalue weighted by Crippen LogP contribution is 2.40. The lowest BCUT2D eigenvalue weighted by molar-refractivity contribution is 0.0701. The molecule has 30 heavy (non-hydrogen) atoms. The standard InChI is InChI=1S/C23H16ClNO5/c1-12-8-18-16(10-17(12)24)21(27)19-20(13-4-2-5-14(26)9-13)25(23(28)22(19)30-18)11-15-6-3-7-29-15/h2-10,20,26H,11H2,1H3. The van der Waals surface area contributed by atoms with Gasteiger partial charge in [0.05, 0.1) is 29.8 Å². The Morgan fingerprint density at radius 2 is 1.97 bits per heavy atom. The van der Waals surface area contributed by atoms with E-state index in [1.807, 2.05) is 0 Å². The van der Waals surface area contributed by atoms with Crippen LogP contribution in [0.3, 0.4) is 0 Å². The fourth-order valence-corrected chi connectivity index (χ4v) is 4.08. The summed E-state index contributed by atoms with van der Waals surface area (Å²) in [7, 11) is 0. The molecule has 1 aliphatic heterocycles. The summed E-state index contributed by atoms with van der Waals surface area (Å²) < 4.78 is 11.3. The first-order chi connectivity index (χ1) is 14.4. The average Bonchev–Trinajstić information content (AvgIpc) is 3.32. The third-order valence-electron chi connectivity index (χ3n) is 5.34. The van der Waals surface area contributed by atoms with E-state index in [9.17, 15) is 14.7 Å². The normalized spacial score (nSPS) is 15.7. The second-order valence-electron chi connectivity index (χ2n) is 7.28. The molecule has 1 unspecified atom stereocenters. The van der Waals surface area contributed by atoms with Crippen molar-refractivity contribution in [3.8, 4) is 5.75 Å². The van der Waals surface area contributed by atoms with Crippen LogP contribution in [0.15, 0.2) is 68.4 Å². The number of amides is 1. The SMILES string of the molecule is Cc1cc2oc3c(c(=O)c2cc1Cl)C(c1cccc(O)c1)N(Cc1ccco1)C3=O. The summed E-state index contributed by atoms with van der Waals surface area (Å²) >= 11 is 6.23. The quantitative estimate of drug-likeness (QED) is 0.513. The number of furan rings is 1. The molecule has 0 aliphatic carbocycles. The van der Waals surface area contributed by atoms with Crippen LogP contribution in [-0.4, -0.2) is 15.9 Å². The van der Waals surface area contributed by atoms with Gasteiger partial charge in [0, 0.05) is 5.02 Å². The number of hydrogen-bond acceptors (Lipinski definition) is 5. The molecular weight excluding hydrogens is 406 g/mol. The van der Waals surface area contributed by atoms with Crippen LogP contribution in [0.1, 0.15) is 39.0 Å². The zero-order chi connectivity index (χ0) is 21.0. The monoisotopic (exact) mass is 421 g/mol. The largest absolute Gasteiger partial charge is 0.508 e.